The molecule has 5 amide bonds. The SMILES string of the molecule is CC(C)C[C@@H]1NC(=O)C[C@@H](C(=O)NCc2cccc(CN3CCCC3=O)c2)NC(=O)c2ccccc2OC[C@H]2CCCN2C1=O. The molecular formula is C34H43N5O6. The first-order valence-corrected chi connectivity index (χ1v) is 15.9. The summed E-state index contributed by atoms with van der Waals surface area (Å²) in [6.07, 6.45) is 3.12. The second-order valence-corrected chi connectivity index (χ2v) is 12.6. The predicted octanol–water partition coefficient (Wildman–Crippen LogP) is 2.53. The summed E-state index contributed by atoms with van der Waals surface area (Å²) in [6, 6.07) is 12.3. The molecule has 2 aromatic carbocycles. The lowest BCUT2D eigenvalue weighted by Crippen LogP contribution is -2.54. The smallest absolute Gasteiger partial charge is 0.255 e. The van der Waals surface area contributed by atoms with Gasteiger partial charge in [-0.2, -0.15) is 0 Å². The number of carbonyl (C=O) groups is 5. The van der Waals surface area contributed by atoms with Crippen LogP contribution in [-0.2, 0) is 32.3 Å². The number of benzene rings is 2. The largest absolute Gasteiger partial charge is 0.491 e. The van der Waals surface area contributed by atoms with E-state index in [1.54, 1.807) is 29.2 Å². The molecule has 2 fully saturated rings. The van der Waals surface area contributed by atoms with Gasteiger partial charge in [0, 0.05) is 32.6 Å². The number of carbonyl (C=O) groups excluding carboxylic acids is 5. The number of fused-ring (bicyclic) bond motifs is 2. The number of nitrogens with zero attached hydrogens (tertiary/aromatic N) is 2. The molecule has 2 saturated heterocycles. The van der Waals surface area contributed by atoms with Crippen molar-refractivity contribution in [2.75, 3.05) is 19.7 Å². The predicted molar refractivity (Wildman–Crippen MR) is 167 cm³/mol. The number of hydrogen-bond donors (Lipinski definition) is 3. The van der Waals surface area contributed by atoms with Crippen molar-refractivity contribution in [3.8, 4) is 5.75 Å². The first-order valence-electron chi connectivity index (χ1n) is 15.9. The van der Waals surface area contributed by atoms with E-state index in [-0.39, 0.29) is 48.9 Å². The molecule has 5 rings (SSSR count). The summed E-state index contributed by atoms with van der Waals surface area (Å²) in [4.78, 5) is 69.8. The van der Waals surface area contributed by atoms with Gasteiger partial charge < -0.3 is 30.5 Å². The van der Waals surface area contributed by atoms with Crippen molar-refractivity contribution >= 4 is 29.5 Å². The molecule has 45 heavy (non-hydrogen) atoms. The number of ether oxygens (including phenoxy) is 1. The quantitative estimate of drug-likeness (QED) is 0.437. The van der Waals surface area contributed by atoms with Gasteiger partial charge in [-0.25, -0.2) is 0 Å². The third kappa shape index (κ3) is 8.20. The first kappa shape index (κ1) is 32.0. The van der Waals surface area contributed by atoms with Crippen molar-refractivity contribution in [2.24, 2.45) is 5.92 Å². The standard InChI is InChI=1S/C34H43N5O6/c1-22(2)16-28-34(44)39-15-6-10-25(39)21-45-29-12-4-3-11-26(29)32(42)37-27(18-30(40)36-28)33(43)35-19-23-8-5-9-24(17-23)20-38-14-7-13-31(38)41/h3-5,8-9,11-12,17,22,25,27-28H,6-7,10,13-16,18-21H2,1-2H3,(H,35,43)(H,36,40)(H,37,42)/t25-,27+,28+/m1/s1. The lowest BCUT2D eigenvalue weighted by atomic mass is 10.0. The molecule has 2 aromatic rings. The minimum Gasteiger partial charge on any atom is -0.491 e. The second-order valence-electron chi connectivity index (χ2n) is 12.6. The number of likely N-dealkylation sites (tertiary alicyclic amines) is 1. The normalized spacial score (nSPS) is 22.7. The highest BCUT2D eigenvalue weighted by Crippen LogP contribution is 2.24. The van der Waals surface area contributed by atoms with Crippen LogP contribution in [0.1, 0.15) is 73.9 Å². The molecule has 0 saturated carbocycles. The van der Waals surface area contributed by atoms with Crippen LogP contribution in [0.25, 0.3) is 0 Å². The summed E-state index contributed by atoms with van der Waals surface area (Å²) >= 11 is 0. The van der Waals surface area contributed by atoms with Gasteiger partial charge in [0.15, 0.2) is 0 Å². The summed E-state index contributed by atoms with van der Waals surface area (Å²) in [5.41, 5.74) is 2.02. The van der Waals surface area contributed by atoms with Crippen molar-refractivity contribution in [3.63, 3.8) is 0 Å². The minimum absolute atomic E-state index is 0.139. The van der Waals surface area contributed by atoms with Crippen LogP contribution >= 0.6 is 0 Å². The Kier molecular flexibility index (Phi) is 10.4. The van der Waals surface area contributed by atoms with E-state index < -0.39 is 29.8 Å². The molecule has 3 aliphatic heterocycles. The van der Waals surface area contributed by atoms with Crippen LogP contribution in [0.4, 0.5) is 0 Å². The average Bonchev–Trinajstić information content (AvgIpc) is 3.66. The van der Waals surface area contributed by atoms with Crippen LogP contribution in [0.2, 0.25) is 0 Å². The summed E-state index contributed by atoms with van der Waals surface area (Å²) in [6.45, 7) is 6.17. The van der Waals surface area contributed by atoms with Crippen LogP contribution in [0, 0.1) is 5.92 Å². The van der Waals surface area contributed by atoms with Gasteiger partial charge in [-0.3, -0.25) is 24.0 Å². The van der Waals surface area contributed by atoms with Crippen LogP contribution < -0.4 is 20.7 Å². The topological polar surface area (TPSA) is 137 Å². The number of para-hydroxylation sites is 1. The fraction of sp³-hybridized carbons (Fsp3) is 0.500. The van der Waals surface area contributed by atoms with E-state index in [0.29, 0.717) is 31.7 Å². The average molecular weight is 618 g/mol. The molecule has 0 bridgehead atoms. The fourth-order valence-corrected chi connectivity index (χ4v) is 6.28. The highest BCUT2D eigenvalue weighted by Gasteiger charge is 2.36. The van der Waals surface area contributed by atoms with Gasteiger partial charge in [0.25, 0.3) is 5.91 Å². The van der Waals surface area contributed by atoms with Crippen molar-refractivity contribution in [1.29, 1.82) is 0 Å². The van der Waals surface area contributed by atoms with Crippen LogP contribution in [0.5, 0.6) is 5.75 Å². The van der Waals surface area contributed by atoms with Gasteiger partial charge in [-0.15, -0.1) is 0 Å². The van der Waals surface area contributed by atoms with Crippen molar-refractivity contribution < 1.29 is 28.7 Å². The molecule has 11 heteroatoms. The monoisotopic (exact) mass is 617 g/mol. The molecule has 0 spiro atoms. The Morgan fingerprint density at radius 3 is 2.58 bits per heavy atom. The lowest BCUT2D eigenvalue weighted by molar-refractivity contribution is -0.138. The molecule has 3 aliphatic rings. The molecule has 3 atom stereocenters. The Morgan fingerprint density at radius 1 is 1.00 bits per heavy atom. The molecule has 3 heterocycles. The molecule has 0 aliphatic carbocycles. The molecule has 0 radical (unpaired) electrons. The molecular weight excluding hydrogens is 574 g/mol. The van der Waals surface area contributed by atoms with E-state index in [1.165, 1.54) is 0 Å². The maximum atomic E-state index is 13.7. The highest BCUT2D eigenvalue weighted by molar-refractivity contribution is 6.01. The number of nitrogens with one attached hydrogen (secondary N) is 3. The summed E-state index contributed by atoms with van der Waals surface area (Å²) in [7, 11) is 0. The highest BCUT2D eigenvalue weighted by atomic mass is 16.5. The molecule has 11 nitrogen and oxygen atoms in total. The number of amides is 5. The Balaban J connectivity index is 1.34. The Hall–Kier alpha value is -4.41. The van der Waals surface area contributed by atoms with Crippen LogP contribution in [0.3, 0.4) is 0 Å². The molecule has 240 valence electrons. The van der Waals surface area contributed by atoms with E-state index in [1.807, 2.05) is 43.0 Å². The van der Waals surface area contributed by atoms with Crippen LogP contribution in [-0.4, -0.2) is 77.2 Å². The van der Waals surface area contributed by atoms with Crippen molar-refractivity contribution in [2.45, 2.75) is 83.6 Å². The Bertz CT molecular complexity index is 1430. The van der Waals surface area contributed by atoms with Gasteiger partial charge in [0.1, 0.15) is 24.4 Å². The molecule has 3 N–H and O–H groups in total. The number of rotatable bonds is 7. The van der Waals surface area contributed by atoms with Gasteiger partial charge in [0.05, 0.1) is 18.0 Å². The molecule has 0 aromatic heterocycles. The maximum Gasteiger partial charge on any atom is 0.255 e. The first-order chi connectivity index (χ1) is 21.7. The zero-order valence-electron chi connectivity index (χ0n) is 26.1. The van der Waals surface area contributed by atoms with Crippen LogP contribution in [0.15, 0.2) is 48.5 Å². The van der Waals surface area contributed by atoms with Gasteiger partial charge >= 0.3 is 0 Å². The van der Waals surface area contributed by atoms with Crippen molar-refractivity contribution in [3.05, 3.63) is 65.2 Å². The fourth-order valence-electron chi connectivity index (χ4n) is 6.28. The van der Waals surface area contributed by atoms with Gasteiger partial charge in [0.2, 0.25) is 23.6 Å². The van der Waals surface area contributed by atoms with E-state index >= 15 is 0 Å². The third-order valence-corrected chi connectivity index (χ3v) is 8.58. The summed E-state index contributed by atoms with van der Waals surface area (Å²) < 4.78 is 6.10. The van der Waals surface area contributed by atoms with E-state index in [2.05, 4.69) is 16.0 Å². The van der Waals surface area contributed by atoms with Crippen molar-refractivity contribution in [1.82, 2.24) is 25.8 Å². The van der Waals surface area contributed by atoms with Gasteiger partial charge in [-0.05, 0) is 54.9 Å². The Labute approximate surface area is 264 Å². The Morgan fingerprint density at radius 2 is 1.80 bits per heavy atom. The number of hydrogen-bond acceptors (Lipinski definition) is 6. The van der Waals surface area contributed by atoms with E-state index in [9.17, 15) is 24.0 Å². The lowest BCUT2D eigenvalue weighted by Gasteiger charge is -2.31. The third-order valence-electron chi connectivity index (χ3n) is 8.58. The van der Waals surface area contributed by atoms with Gasteiger partial charge in [-0.1, -0.05) is 50.2 Å². The zero-order valence-corrected chi connectivity index (χ0v) is 26.1. The zero-order chi connectivity index (χ0) is 31.9. The van der Waals surface area contributed by atoms with E-state index in [4.69, 9.17) is 4.74 Å². The summed E-state index contributed by atoms with van der Waals surface area (Å²) in [5, 5.41) is 8.47. The van der Waals surface area contributed by atoms with E-state index in [0.717, 1.165) is 36.9 Å². The maximum absolute atomic E-state index is 13.7. The molecule has 0 unspecified atom stereocenters. The minimum atomic E-state index is -1.20. The second kappa shape index (κ2) is 14.6. The summed E-state index contributed by atoms with van der Waals surface area (Å²) in [5.74, 6) is -1.09.